The molecule has 0 aliphatic carbocycles. The Bertz CT molecular complexity index is 2590. The lowest BCUT2D eigenvalue weighted by Gasteiger charge is -2.05. The average molecular weight is 664 g/mol. The number of pyridine rings is 2. The monoisotopic (exact) mass is 663 g/mol. The number of nitrogen functional groups attached to an aromatic ring is 1. The van der Waals surface area contributed by atoms with Crippen LogP contribution in [0.15, 0.2) is 95.3 Å². The highest BCUT2D eigenvalue weighted by atomic mass is 35.5. The minimum atomic E-state index is -0.586. The van der Waals surface area contributed by atoms with Crippen molar-refractivity contribution in [1.29, 1.82) is 0 Å². The van der Waals surface area contributed by atoms with E-state index in [-0.39, 0.29) is 16.7 Å². The molecule has 0 radical (unpaired) electrons. The summed E-state index contributed by atoms with van der Waals surface area (Å²) in [5.74, 6) is 0. The average Bonchev–Trinajstić information content (AvgIpc) is 3.62. The highest BCUT2D eigenvalue weighted by molar-refractivity contribution is 7.25. The van der Waals surface area contributed by atoms with Crippen molar-refractivity contribution in [2.45, 2.75) is 13.8 Å². The molecule has 0 spiro atoms. The molecule has 13 heteroatoms. The fraction of sp³-hybridized carbons (Fsp3) is 0.0606. The van der Waals surface area contributed by atoms with E-state index >= 15 is 0 Å². The van der Waals surface area contributed by atoms with Gasteiger partial charge >= 0.3 is 0 Å². The SMILES string of the molecule is Cc1ccc(-n2cnc3c(sc4ncc(C(=O)Cl)cc43)c2=O)cc1.Cc1ccc(-n2cnc3c(sc4ncc(N)cc43)c2=O)cc1. The van der Waals surface area contributed by atoms with E-state index in [1.54, 1.807) is 23.2 Å². The fourth-order valence-electron chi connectivity index (χ4n) is 4.94. The first-order chi connectivity index (χ1) is 22.2. The van der Waals surface area contributed by atoms with Gasteiger partial charge in [-0.15, -0.1) is 22.7 Å². The summed E-state index contributed by atoms with van der Waals surface area (Å²) in [6.07, 6.45) is 6.06. The van der Waals surface area contributed by atoms with E-state index in [9.17, 15) is 14.4 Å². The molecule has 6 aromatic heterocycles. The van der Waals surface area contributed by atoms with Gasteiger partial charge in [0.05, 0.1) is 39.9 Å². The first-order valence-corrected chi connectivity index (χ1v) is 15.9. The summed E-state index contributed by atoms with van der Waals surface area (Å²) in [5, 5.41) is 0.902. The predicted octanol–water partition coefficient (Wildman–Crippen LogP) is 6.57. The minimum Gasteiger partial charge on any atom is -0.397 e. The predicted molar refractivity (Wildman–Crippen MR) is 185 cm³/mol. The number of rotatable bonds is 3. The maximum atomic E-state index is 12.8. The molecule has 0 atom stereocenters. The molecular weight excluding hydrogens is 642 g/mol. The molecule has 0 saturated carbocycles. The molecule has 46 heavy (non-hydrogen) atoms. The molecule has 2 aromatic carbocycles. The molecular formula is C33H22ClN7O3S2. The molecule has 0 aliphatic heterocycles. The molecule has 8 rings (SSSR count). The summed E-state index contributed by atoms with van der Waals surface area (Å²) in [5.41, 5.74) is 11.4. The van der Waals surface area contributed by atoms with Gasteiger partial charge in [-0.3, -0.25) is 23.5 Å². The Morgan fingerprint density at radius 3 is 1.63 bits per heavy atom. The Labute approximate surface area is 273 Å². The lowest BCUT2D eigenvalue weighted by molar-refractivity contribution is 0.108. The Balaban J connectivity index is 0.000000147. The molecule has 10 nitrogen and oxygen atoms in total. The van der Waals surface area contributed by atoms with Crippen LogP contribution >= 0.6 is 34.3 Å². The first-order valence-electron chi connectivity index (χ1n) is 13.9. The summed E-state index contributed by atoms with van der Waals surface area (Å²) in [6.45, 7) is 4.00. The molecule has 226 valence electrons. The van der Waals surface area contributed by atoms with Gasteiger partial charge in [-0.05, 0) is 61.8 Å². The highest BCUT2D eigenvalue weighted by Crippen LogP contribution is 2.31. The zero-order valence-electron chi connectivity index (χ0n) is 24.3. The maximum absolute atomic E-state index is 12.8. The summed E-state index contributed by atoms with van der Waals surface area (Å²) in [6, 6.07) is 18.8. The topological polar surface area (TPSA) is 139 Å². The Hall–Kier alpha value is -5.30. The maximum Gasteiger partial charge on any atom is 0.275 e. The number of anilines is 1. The number of carbonyl (C=O) groups is 1. The number of hydrogen-bond donors (Lipinski definition) is 1. The van der Waals surface area contributed by atoms with Gasteiger partial charge < -0.3 is 5.73 Å². The van der Waals surface area contributed by atoms with Gasteiger partial charge in [0, 0.05) is 17.0 Å². The van der Waals surface area contributed by atoms with E-state index < -0.39 is 5.24 Å². The lowest BCUT2D eigenvalue weighted by Crippen LogP contribution is -2.17. The molecule has 8 aromatic rings. The van der Waals surface area contributed by atoms with Gasteiger partial charge in [-0.2, -0.15) is 0 Å². The van der Waals surface area contributed by atoms with Crippen LogP contribution in [0.5, 0.6) is 0 Å². The molecule has 0 fully saturated rings. The van der Waals surface area contributed by atoms with E-state index in [4.69, 9.17) is 17.3 Å². The number of fused-ring (bicyclic) bond motifs is 6. The van der Waals surface area contributed by atoms with Crippen molar-refractivity contribution < 1.29 is 4.79 Å². The molecule has 0 aliphatic rings. The highest BCUT2D eigenvalue weighted by Gasteiger charge is 2.16. The van der Waals surface area contributed by atoms with E-state index in [0.717, 1.165) is 32.7 Å². The largest absolute Gasteiger partial charge is 0.397 e. The number of carbonyl (C=O) groups excluding carboxylic acids is 1. The van der Waals surface area contributed by atoms with E-state index in [0.29, 0.717) is 36.3 Å². The number of halogens is 1. The quantitative estimate of drug-likeness (QED) is 0.210. The van der Waals surface area contributed by atoms with Crippen molar-refractivity contribution >= 4 is 86.1 Å². The van der Waals surface area contributed by atoms with Crippen LogP contribution in [-0.2, 0) is 0 Å². The Morgan fingerprint density at radius 2 is 1.15 bits per heavy atom. The minimum absolute atomic E-state index is 0.0876. The standard InChI is InChI=1S/C17H10ClN3O2S.C16H12N4OS/c1-9-2-4-11(5-3-9)21-8-20-13-12-6-10(15(18)22)7-19-16(12)24-14(13)17(21)23;1-9-2-4-11(5-3-9)20-8-19-13-12-6-10(17)7-18-15(12)22-14(13)16(20)21/h2-8H,1H3;2-8H,17H2,1H3. The molecule has 0 unspecified atom stereocenters. The summed E-state index contributed by atoms with van der Waals surface area (Å²) in [7, 11) is 0. The second-order valence-electron chi connectivity index (χ2n) is 10.5. The smallest absolute Gasteiger partial charge is 0.275 e. The normalized spacial score (nSPS) is 11.3. The molecule has 2 N–H and O–H groups in total. The van der Waals surface area contributed by atoms with Crippen molar-refractivity contribution in [2.24, 2.45) is 0 Å². The first kappa shape index (κ1) is 29.4. The third kappa shape index (κ3) is 5.21. The van der Waals surface area contributed by atoms with E-state index in [1.807, 2.05) is 68.4 Å². The number of benzene rings is 2. The van der Waals surface area contributed by atoms with Crippen molar-refractivity contribution in [3.8, 4) is 11.4 Å². The number of thiophene rings is 2. The fourth-order valence-corrected chi connectivity index (χ4v) is 7.07. The second-order valence-corrected chi connectivity index (χ2v) is 12.9. The molecule has 0 saturated heterocycles. The van der Waals surface area contributed by atoms with Gasteiger partial charge in [0.1, 0.15) is 31.7 Å². The van der Waals surface area contributed by atoms with Gasteiger partial charge in [0.25, 0.3) is 16.4 Å². The third-order valence-electron chi connectivity index (χ3n) is 7.34. The van der Waals surface area contributed by atoms with Gasteiger partial charge in [0.15, 0.2) is 0 Å². The number of aryl methyl sites for hydroxylation is 2. The zero-order chi connectivity index (χ0) is 32.1. The molecule has 6 heterocycles. The van der Waals surface area contributed by atoms with Crippen LogP contribution < -0.4 is 16.9 Å². The van der Waals surface area contributed by atoms with Crippen molar-refractivity contribution in [3.63, 3.8) is 0 Å². The number of nitrogens with two attached hydrogens (primary N) is 1. The lowest BCUT2D eigenvalue weighted by atomic mass is 10.2. The van der Waals surface area contributed by atoms with Crippen LogP contribution in [0.3, 0.4) is 0 Å². The molecule has 0 amide bonds. The van der Waals surface area contributed by atoms with Crippen LogP contribution in [0.25, 0.3) is 52.2 Å². The van der Waals surface area contributed by atoms with Crippen molar-refractivity contribution in [2.75, 3.05) is 5.73 Å². The molecule has 0 bridgehead atoms. The van der Waals surface area contributed by atoms with Gasteiger partial charge in [0.2, 0.25) is 0 Å². The second kappa shape index (κ2) is 11.6. The van der Waals surface area contributed by atoms with Crippen LogP contribution in [0, 0.1) is 13.8 Å². The van der Waals surface area contributed by atoms with Crippen molar-refractivity contribution in [1.82, 2.24) is 29.1 Å². The summed E-state index contributed by atoms with van der Waals surface area (Å²) >= 11 is 8.12. The van der Waals surface area contributed by atoms with Crippen LogP contribution in [0.4, 0.5) is 5.69 Å². The van der Waals surface area contributed by atoms with Crippen LogP contribution in [0.2, 0.25) is 0 Å². The summed E-state index contributed by atoms with van der Waals surface area (Å²) < 4.78 is 4.15. The van der Waals surface area contributed by atoms with Gasteiger partial charge in [-0.1, -0.05) is 35.4 Å². The van der Waals surface area contributed by atoms with E-state index in [1.165, 1.54) is 39.8 Å². The van der Waals surface area contributed by atoms with Crippen molar-refractivity contribution in [3.05, 3.63) is 123 Å². The Morgan fingerprint density at radius 1 is 0.696 bits per heavy atom. The Kier molecular flexibility index (Phi) is 7.40. The van der Waals surface area contributed by atoms with Crippen LogP contribution in [0.1, 0.15) is 21.5 Å². The number of nitrogens with zero attached hydrogens (tertiary/aromatic N) is 6. The van der Waals surface area contributed by atoms with E-state index in [2.05, 4.69) is 19.9 Å². The zero-order valence-corrected chi connectivity index (χ0v) is 26.7. The number of hydrogen-bond acceptors (Lipinski definition) is 10. The van der Waals surface area contributed by atoms with Gasteiger partial charge in [-0.25, -0.2) is 19.9 Å². The number of aromatic nitrogens is 6. The summed E-state index contributed by atoms with van der Waals surface area (Å²) in [4.78, 5) is 55.7. The third-order valence-corrected chi connectivity index (χ3v) is 9.74. The van der Waals surface area contributed by atoms with Crippen LogP contribution in [-0.4, -0.2) is 34.3 Å².